The molecule has 4 heteroatoms. The molecule has 0 bridgehead atoms. The molecular weight excluding hydrogens is 1570 g/mol. The fourth-order valence-corrected chi connectivity index (χ4v) is 21.9. The summed E-state index contributed by atoms with van der Waals surface area (Å²) in [5.74, 6) is 0. The third-order valence-corrected chi connectivity index (χ3v) is 28.5. The number of anilines is 6. The van der Waals surface area contributed by atoms with Crippen LogP contribution in [0.1, 0.15) is 105 Å². The highest BCUT2D eigenvalue weighted by atomic mass is 15.2. The van der Waals surface area contributed by atoms with Crippen LogP contribution in [0.25, 0.3) is 181 Å². The predicted molar refractivity (Wildman–Crippen MR) is 560 cm³/mol. The molecule has 2 aliphatic rings. The van der Waals surface area contributed by atoms with Gasteiger partial charge in [-0.25, -0.2) is 0 Å². The van der Waals surface area contributed by atoms with E-state index in [2.05, 4.69) is 486 Å². The number of benzene rings is 21. The molecule has 0 amide bonds. The molecule has 0 unspecified atom stereocenters. The number of aromatic nitrogens is 1. The molecule has 2 aliphatic heterocycles. The van der Waals surface area contributed by atoms with Crippen LogP contribution in [0, 0.1) is 0 Å². The van der Waals surface area contributed by atoms with E-state index in [9.17, 15) is 0 Å². The number of hydrogen-bond acceptors (Lipinski definition) is 2. The molecule has 21 aromatic carbocycles. The molecule has 0 spiro atoms. The summed E-state index contributed by atoms with van der Waals surface area (Å²) in [4.78, 5) is 5.52. The Hall–Kier alpha value is -14.8. The fourth-order valence-electron chi connectivity index (χ4n) is 21.9. The third-order valence-electron chi connectivity index (χ3n) is 28.5. The normalized spacial score (nSPS) is 13.0. The SMILES string of the molecule is CC(C)(C)c1cc2ccc3cc(C(C)(C)C)cc4c(-c5ccc6c(c5)B5c7cc(-c8cc9cc(C(C)(C)C)cc%10ccc%11cc(C(C)(C)C)cc8c%11c%109)ccc7N(c7c(-c8ccccc8)cc(-c8ccccc8)cc7-c7ccccc7)c7cc(-n8c9ccccc9c9ccccc98)cc(c75)N6c5c(-c6ccccc6)cc(-c6ccccc6)cc5-c5ccccc5)cc(c1)c2c34. The van der Waals surface area contributed by atoms with Gasteiger partial charge in [0.1, 0.15) is 0 Å². The van der Waals surface area contributed by atoms with Gasteiger partial charge in [0.25, 0.3) is 6.71 Å². The zero-order chi connectivity index (χ0) is 88.1. The number of para-hydroxylation sites is 2. The zero-order valence-corrected chi connectivity index (χ0v) is 75.9. The maximum atomic E-state index is 2.76. The van der Waals surface area contributed by atoms with Gasteiger partial charge in [0.05, 0.1) is 28.1 Å². The van der Waals surface area contributed by atoms with E-state index in [1.165, 1.54) is 125 Å². The van der Waals surface area contributed by atoms with E-state index >= 15 is 0 Å². The Morgan fingerprint density at radius 1 is 0.200 bits per heavy atom. The summed E-state index contributed by atoms with van der Waals surface area (Å²) >= 11 is 0. The first kappa shape index (κ1) is 78.6. The van der Waals surface area contributed by atoms with Crippen molar-refractivity contribution < 1.29 is 0 Å². The van der Waals surface area contributed by atoms with Gasteiger partial charge in [0, 0.05) is 55.8 Å². The van der Waals surface area contributed by atoms with Crippen molar-refractivity contribution in [2.75, 3.05) is 9.80 Å². The first-order valence-electron chi connectivity index (χ1n) is 46.3. The van der Waals surface area contributed by atoms with Gasteiger partial charge in [0.15, 0.2) is 0 Å². The quantitative estimate of drug-likeness (QED) is 0.0944. The van der Waals surface area contributed by atoms with Crippen molar-refractivity contribution in [1.29, 1.82) is 0 Å². The Morgan fingerprint density at radius 3 is 0.823 bits per heavy atom. The van der Waals surface area contributed by atoms with Gasteiger partial charge < -0.3 is 14.4 Å². The fraction of sp³-hybridized carbons (Fsp3) is 0.127. The third kappa shape index (κ3) is 12.7. The van der Waals surface area contributed by atoms with Crippen molar-refractivity contribution in [2.24, 2.45) is 0 Å². The second-order valence-electron chi connectivity index (χ2n) is 40.8. The Morgan fingerprint density at radius 2 is 0.492 bits per heavy atom. The van der Waals surface area contributed by atoms with Gasteiger partial charge in [-0.2, -0.15) is 0 Å². The number of nitrogens with zero attached hydrogens (tertiary/aromatic N) is 3. The van der Waals surface area contributed by atoms with Gasteiger partial charge in [-0.15, -0.1) is 0 Å². The van der Waals surface area contributed by atoms with Gasteiger partial charge in [-0.3, -0.25) is 0 Å². The lowest BCUT2D eigenvalue weighted by Crippen LogP contribution is -2.61. The average Bonchev–Trinajstić information content (AvgIpc) is 0.848. The summed E-state index contributed by atoms with van der Waals surface area (Å²) < 4.78 is 2.57. The summed E-state index contributed by atoms with van der Waals surface area (Å²) in [5, 5.41) is 17.8. The second kappa shape index (κ2) is 29.4. The summed E-state index contributed by atoms with van der Waals surface area (Å²) in [5.41, 5.74) is 36.4. The van der Waals surface area contributed by atoms with Gasteiger partial charge >= 0.3 is 0 Å². The minimum atomic E-state index is -0.413. The molecule has 1 aromatic heterocycles. The Kier molecular flexibility index (Phi) is 17.8. The minimum absolute atomic E-state index is 0.113. The van der Waals surface area contributed by atoms with Crippen LogP contribution in [0.5, 0.6) is 0 Å². The van der Waals surface area contributed by atoms with Crippen LogP contribution in [0.3, 0.4) is 0 Å². The second-order valence-corrected chi connectivity index (χ2v) is 40.8. The van der Waals surface area contributed by atoms with Gasteiger partial charge in [0.2, 0.25) is 0 Å². The molecule has 0 N–H and O–H groups in total. The van der Waals surface area contributed by atoms with E-state index in [0.717, 1.165) is 129 Å². The first-order chi connectivity index (χ1) is 63.0. The highest BCUT2D eigenvalue weighted by Gasteiger charge is 2.47. The van der Waals surface area contributed by atoms with Gasteiger partial charge in [-0.05, 0) is 277 Å². The highest BCUT2D eigenvalue weighted by molar-refractivity contribution is 7.00. The van der Waals surface area contributed by atoms with Crippen LogP contribution < -0.4 is 26.2 Å². The molecule has 24 rings (SSSR count). The predicted octanol–water partition coefficient (Wildman–Crippen LogP) is 33.2. The van der Waals surface area contributed by atoms with Crippen molar-refractivity contribution in [1.82, 2.24) is 4.57 Å². The molecule has 0 fully saturated rings. The van der Waals surface area contributed by atoms with Crippen molar-refractivity contribution >= 4 is 144 Å². The monoisotopic (exact) mass is 1670 g/mol. The summed E-state index contributed by atoms with van der Waals surface area (Å²) in [6.07, 6.45) is 0. The molecule has 3 heterocycles. The van der Waals surface area contributed by atoms with Crippen molar-refractivity contribution in [3.63, 3.8) is 0 Å². The molecule has 22 aromatic rings. The lowest BCUT2D eigenvalue weighted by atomic mass is 9.33. The van der Waals surface area contributed by atoms with E-state index < -0.39 is 6.71 Å². The van der Waals surface area contributed by atoms with E-state index in [4.69, 9.17) is 0 Å². The Labute approximate surface area is 762 Å². The van der Waals surface area contributed by atoms with Gasteiger partial charge in [-0.1, -0.05) is 386 Å². The molecule has 3 nitrogen and oxygen atoms in total. The molecular formula is C126H100BN3. The smallest absolute Gasteiger partial charge is 0.252 e. The molecule has 0 radical (unpaired) electrons. The topological polar surface area (TPSA) is 11.4 Å². The maximum absolute atomic E-state index is 2.76. The van der Waals surface area contributed by atoms with Crippen LogP contribution in [-0.4, -0.2) is 11.3 Å². The van der Waals surface area contributed by atoms with Crippen LogP contribution in [0.15, 0.2) is 388 Å². The van der Waals surface area contributed by atoms with Crippen LogP contribution >= 0.6 is 0 Å². The minimum Gasteiger partial charge on any atom is -0.310 e. The van der Waals surface area contributed by atoms with Crippen LogP contribution in [0.2, 0.25) is 0 Å². The zero-order valence-electron chi connectivity index (χ0n) is 75.9. The molecule has 0 saturated heterocycles. The molecule has 130 heavy (non-hydrogen) atoms. The summed E-state index contributed by atoms with van der Waals surface area (Å²) in [6.45, 7) is 28.0. The standard InChI is InChI=1S/C126H100BN3/c1-123(2,3)93-59-85-51-53-87-61-95(125(7,8)9)73-106-100(69-91(63-93)116(85)118(87)106)83-55-57-112-108(71-83)127-109-72-84(101-70-92-64-94(124(4,5)6)60-86-52-54-88-62-96(126(10,11)12)74-107(101)119(88)117(86)92)56-58-113(109)130(122-104(81-43-27-17-28-44-81)67-90(78-37-21-14-22-38-78)68-105(122)82-45-29-18-30-46-82)115-76-97(128-110-49-33-31-47-98(110)99-48-32-34-50-111(99)128)75-114(120(115)127)129(112)121-102(79-39-23-15-24-40-79)65-89(77-35-19-13-20-36-77)66-103(121)80-41-25-16-26-42-80/h13-76H,1-12H3. The first-order valence-corrected chi connectivity index (χ1v) is 46.3. The number of fused-ring (bicyclic) bond motifs is 7. The van der Waals surface area contributed by atoms with Crippen molar-refractivity contribution in [3.05, 3.63) is 411 Å². The van der Waals surface area contributed by atoms with Crippen molar-refractivity contribution in [2.45, 2.75) is 105 Å². The van der Waals surface area contributed by atoms with E-state index in [1.807, 2.05) is 0 Å². The number of rotatable bonds is 11. The van der Waals surface area contributed by atoms with E-state index in [1.54, 1.807) is 0 Å². The average molecular weight is 1670 g/mol. The molecule has 0 aliphatic carbocycles. The largest absolute Gasteiger partial charge is 0.310 e. The van der Waals surface area contributed by atoms with Crippen LogP contribution in [0.4, 0.5) is 34.1 Å². The van der Waals surface area contributed by atoms with Crippen LogP contribution in [-0.2, 0) is 21.7 Å². The molecule has 0 saturated carbocycles. The maximum Gasteiger partial charge on any atom is 0.252 e. The van der Waals surface area contributed by atoms with Crippen molar-refractivity contribution in [3.8, 4) is 94.7 Å². The number of hydrogen-bond donors (Lipinski definition) is 0. The van der Waals surface area contributed by atoms with E-state index in [-0.39, 0.29) is 21.7 Å². The lowest BCUT2D eigenvalue weighted by molar-refractivity contribution is 0.591. The molecule has 622 valence electrons. The Bertz CT molecular complexity index is 7740. The molecule has 0 atom stereocenters. The highest BCUT2D eigenvalue weighted by Crippen LogP contribution is 2.58. The lowest BCUT2D eigenvalue weighted by Gasteiger charge is -2.46. The Balaban J connectivity index is 0.917. The van der Waals surface area contributed by atoms with E-state index in [0.29, 0.717) is 0 Å². The summed E-state index contributed by atoms with van der Waals surface area (Å²) in [7, 11) is 0. The summed E-state index contributed by atoms with van der Waals surface area (Å²) in [6, 6.07) is 151.